The molecule has 0 aliphatic heterocycles. The highest BCUT2D eigenvalue weighted by molar-refractivity contribution is 7.21. The zero-order valence-electron chi connectivity index (χ0n) is 8.85. The van der Waals surface area contributed by atoms with Crippen LogP contribution in [0.3, 0.4) is 0 Å². The highest BCUT2D eigenvalue weighted by Crippen LogP contribution is 2.34. The van der Waals surface area contributed by atoms with E-state index in [1.54, 1.807) is 17.4 Å². The molecular weight excluding hydrogens is 252 g/mol. The van der Waals surface area contributed by atoms with E-state index < -0.39 is 0 Å². The minimum absolute atomic E-state index is 0.643. The molecule has 0 fully saturated rings. The van der Waals surface area contributed by atoms with Gasteiger partial charge in [-0.1, -0.05) is 23.7 Å². The highest BCUT2D eigenvalue weighted by atomic mass is 35.5. The Morgan fingerprint density at radius 1 is 1.12 bits per heavy atom. The van der Waals surface area contributed by atoms with Crippen LogP contribution < -0.4 is 5.73 Å². The van der Waals surface area contributed by atoms with E-state index in [1.165, 1.54) is 0 Å². The van der Waals surface area contributed by atoms with E-state index in [4.69, 9.17) is 17.3 Å². The number of nitrogens with two attached hydrogens (primary N) is 1. The molecule has 0 radical (unpaired) electrons. The van der Waals surface area contributed by atoms with Crippen molar-refractivity contribution in [1.29, 1.82) is 0 Å². The van der Waals surface area contributed by atoms with Crippen molar-refractivity contribution in [2.45, 2.75) is 0 Å². The third kappa shape index (κ3) is 1.88. The molecule has 2 nitrogen and oxygen atoms in total. The third-order valence-corrected chi connectivity index (χ3v) is 3.90. The van der Waals surface area contributed by atoms with Crippen molar-refractivity contribution in [2.24, 2.45) is 0 Å². The van der Waals surface area contributed by atoms with Crippen LogP contribution in [0.1, 0.15) is 0 Å². The quantitative estimate of drug-likeness (QED) is 0.666. The van der Waals surface area contributed by atoms with Crippen molar-refractivity contribution >= 4 is 38.8 Å². The van der Waals surface area contributed by atoms with Crippen molar-refractivity contribution < 1.29 is 0 Å². The lowest BCUT2D eigenvalue weighted by molar-refractivity contribution is 1.48. The van der Waals surface area contributed by atoms with Gasteiger partial charge in [0.2, 0.25) is 0 Å². The van der Waals surface area contributed by atoms with Gasteiger partial charge in [0, 0.05) is 11.3 Å². The molecule has 0 atom stereocenters. The number of nitrogen functional groups attached to an aromatic ring is 1. The molecular formula is C13H9ClN2S. The van der Waals surface area contributed by atoms with Crippen LogP contribution in [-0.2, 0) is 0 Å². The summed E-state index contributed by atoms with van der Waals surface area (Å²) in [6.07, 6.45) is 0. The summed E-state index contributed by atoms with van der Waals surface area (Å²) < 4.78 is 1.16. The van der Waals surface area contributed by atoms with Gasteiger partial charge in [-0.05, 0) is 30.3 Å². The van der Waals surface area contributed by atoms with Crippen LogP contribution in [0.25, 0.3) is 20.8 Å². The summed E-state index contributed by atoms with van der Waals surface area (Å²) in [4.78, 5) is 4.57. The molecule has 3 rings (SSSR count). The summed E-state index contributed by atoms with van der Waals surface area (Å²) in [5.41, 5.74) is 8.28. The lowest BCUT2D eigenvalue weighted by Gasteiger charge is -2.00. The number of aromatic nitrogens is 1. The predicted octanol–water partition coefficient (Wildman–Crippen LogP) is 4.20. The number of hydrogen-bond donors (Lipinski definition) is 1. The Kier molecular flexibility index (Phi) is 2.50. The monoisotopic (exact) mass is 260 g/mol. The molecule has 0 aliphatic rings. The molecule has 2 N–H and O–H groups in total. The molecule has 0 saturated carbocycles. The second-order valence-electron chi connectivity index (χ2n) is 3.73. The smallest absolute Gasteiger partial charge is 0.126 e. The molecule has 0 bridgehead atoms. The zero-order valence-corrected chi connectivity index (χ0v) is 10.4. The van der Waals surface area contributed by atoms with Crippen LogP contribution in [-0.4, -0.2) is 4.98 Å². The standard InChI is InChI=1S/C13H9ClN2S/c14-10-7-8(15)5-6-9(10)13-16-11-3-1-2-4-12(11)17-13/h1-7H,15H2. The van der Waals surface area contributed by atoms with Gasteiger partial charge in [0.05, 0.1) is 15.2 Å². The van der Waals surface area contributed by atoms with Gasteiger partial charge in [0.15, 0.2) is 0 Å². The number of rotatable bonds is 1. The van der Waals surface area contributed by atoms with Gasteiger partial charge in [-0.25, -0.2) is 4.98 Å². The van der Waals surface area contributed by atoms with Gasteiger partial charge in [-0.3, -0.25) is 0 Å². The molecule has 3 aromatic rings. The molecule has 84 valence electrons. The average Bonchev–Trinajstić information content (AvgIpc) is 2.72. The second-order valence-corrected chi connectivity index (χ2v) is 5.16. The largest absolute Gasteiger partial charge is 0.399 e. The van der Waals surface area contributed by atoms with E-state index >= 15 is 0 Å². The van der Waals surface area contributed by atoms with Crippen LogP contribution in [0, 0.1) is 0 Å². The maximum Gasteiger partial charge on any atom is 0.126 e. The second kappa shape index (κ2) is 4.02. The number of anilines is 1. The molecule has 0 unspecified atom stereocenters. The Balaban J connectivity index is 2.20. The van der Waals surface area contributed by atoms with E-state index in [0.717, 1.165) is 20.8 Å². The lowest BCUT2D eigenvalue weighted by Crippen LogP contribution is -1.85. The summed E-state index contributed by atoms with van der Waals surface area (Å²) in [6.45, 7) is 0. The number of halogens is 1. The van der Waals surface area contributed by atoms with Crippen LogP contribution >= 0.6 is 22.9 Å². The maximum absolute atomic E-state index is 6.18. The number of para-hydroxylation sites is 1. The summed E-state index contributed by atoms with van der Waals surface area (Å²) in [5, 5.41) is 1.57. The van der Waals surface area contributed by atoms with Crippen molar-refractivity contribution in [1.82, 2.24) is 4.98 Å². The van der Waals surface area contributed by atoms with Crippen molar-refractivity contribution in [3.63, 3.8) is 0 Å². The molecule has 0 saturated heterocycles. The van der Waals surface area contributed by atoms with E-state index in [2.05, 4.69) is 11.1 Å². The van der Waals surface area contributed by atoms with Crippen LogP contribution in [0.2, 0.25) is 5.02 Å². The topological polar surface area (TPSA) is 38.9 Å². The van der Waals surface area contributed by atoms with Crippen LogP contribution in [0.5, 0.6) is 0 Å². The summed E-state index contributed by atoms with van der Waals surface area (Å²) in [6, 6.07) is 13.6. The van der Waals surface area contributed by atoms with E-state index in [0.29, 0.717) is 10.7 Å². The first-order valence-electron chi connectivity index (χ1n) is 5.15. The van der Waals surface area contributed by atoms with Crippen molar-refractivity contribution in [2.75, 3.05) is 5.73 Å². The first-order valence-corrected chi connectivity index (χ1v) is 6.34. The number of hydrogen-bond acceptors (Lipinski definition) is 3. The summed E-state index contributed by atoms with van der Waals surface area (Å²) in [5.74, 6) is 0. The summed E-state index contributed by atoms with van der Waals surface area (Å²) >= 11 is 7.81. The Morgan fingerprint density at radius 2 is 1.94 bits per heavy atom. The van der Waals surface area contributed by atoms with Crippen molar-refractivity contribution in [3.05, 3.63) is 47.5 Å². The van der Waals surface area contributed by atoms with Crippen LogP contribution in [0.15, 0.2) is 42.5 Å². The van der Waals surface area contributed by atoms with Crippen LogP contribution in [0.4, 0.5) is 5.69 Å². The number of nitrogens with zero attached hydrogens (tertiary/aromatic N) is 1. The molecule has 0 amide bonds. The molecule has 1 heterocycles. The van der Waals surface area contributed by atoms with Gasteiger partial charge in [0.25, 0.3) is 0 Å². The molecule has 4 heteroatoms. The minimum atomic E-state index is 0.643. The lowest BCUT2D eigenvalue weighted by atomic mass is 10.2. The number of benzene rings is 2. The van der Waals surface area contributed by atoms with E-state index in [9.17, 15) is 0 Å². The minimum Gasteiger partial charge on any atom is -0.399 e. The van der Waals surface area contributed by atoms with E-state index in [-0.39, 0.29) is 0 Å². The first-order chi connectivity index (χ1) is 8.24. The normalized spacial score (nSPS) is 10.9. The fraction of sp³-hybridized carbons (Fsp3) is 0. The Hall–Kier alpha value is -1.58. The van der Waals surface area contributed by atoms with E-state index in [1.807, 2.05) is 30.3 Å². The predicted molar refractivity (Wildman–Crippen MR) is 74.5 cm³/mol. The average molecular weight is 261 g/mol. The van der Waals surface area contributed by atoms with Gasteiger partial charge >= 0.3 is 0 Å². The fourth-order valence-corrected chi connectivity index (χ4v) is 3.03. The Bertz CT molecular complexity index is 658. The SMILES string of the molecule is Nc1ccc(-c2nc3ccccc3s2)c(Cl)c1. The van der Waals surface area contributed by atoms with Crippen molar-refractivity contribution in [3.8, 4) is 10.6 Å². The Morgan fingerprint density at radius 3 is 2.71 bits per heavy atom. The molecule has 17 heavy (non-hydrogen) atoms. The maximum atomic E-state index is 6.18. The van der Waals surface area contributed by atoms with Gasteiger partial charge in [-0.15, -0.1) is 11.3 Å². The number of fused-ring (bicyclic) bond motifs is 1. The first kappa shape index (κ1) is 10.6. The molecule has 0 spiro atoms. The molecule has 2 aromatic carbocycles. The molecule has 0 aliphatic carbocycles. The zero-order chi connectivity index (χ0) is 11.8. The Labute approximate surface area is 108 Å². The fourth-order valence-electron chi connectivity index (χ4n) is 1.69. The van der Waals surface area contributed by atoms with Gasteiger partial charge < -0.3 is 5.73 Å². The third-order valence-electron chi connectivity index (χ3n) is 2.52. The molecule has 1 aromatic heterocycles. The highest BCUT2D eigenvalue weighted by Gasteiger charge is 2.09. The van der Waals surface area contributed by atoms with Gasteiger partial charge in [-0.2, -0.15) is 0 Å². The number of thiazole rings is 1. The van der Waals surface area contributed by atoms with Gasteiger partial charge in [0.1, 0.15) is 5.01 Å². The summed E-state index contributed by atoms with van der Waals surface area (Å²) in [7, 11) is 0.